The van der Waals surface area contributed by atoms with E-state index in [1.807, 2.05) is 0 Å². The fourth-order valence-electron chi connectivity index (χ4n) is 1.99. The van der Waals surface area contributed by atoms with Gasteiger partial charge in [-0.25, -0.2) is 5.43 Å². The van der Waals surface area contributed by atoms with E-state index >= 15 is 0 Å². The zero-order valence-electron chi connectivity index (χ0n) is 14.1. The van der Waals surface area contributed by atoms with Gasteiger partial charge in [0.05, 0.1) is 10.6 Å². The first-order chi connectivity index (χ1) is 12.9. The summed E-state index contributed by atoms with van der Waals surface area (Å²) in [6.07, 6.45) is 0. The van der Waals surface area contributed by atoms with E-state index in [2.05, 4.69) is 15.3 Å². The normalized spacial score (nSPS) is 11.2. The van der Waals surface area contributed by atoms with Crippen LogP contribution in [0.3, 0.4) is 0 Å². The summed E-state index contributed by atoms with van der Waals surface area (Å²) in [6.45, 7) is -1.78. The highest BCUT2D eigenvalue weighted by Gasteiger charge is 2.14. The average molecular weight is 379 g/mol. The van der Waals surface area contributed by atoms with Gasteiger partial charge in [-0.3, -0.25) is 14.9 Å². The minimum atomic E-state index is -2.91. The monoisotopic (exact) mass is 379 g/mol. The Labute approximate surface area is 152 Å². The Morgan fingerprint density at radius 3 is 2.52 bits per heavy atom. The van der Waals surface area contributed by atoms with Crippen LogP contribution in [0.2, 0.25) is 0 Å². The molecule has 0 fully saturated rings. The van der Waals surface area contributed by atoms with Crippen LogP contribution in [0.25, 0.3) is 0 Å². The number of ether oxygens (including phenoxy) is 2. The average Bonchev–Trinajstić information content (AvgIpc) is 2.64. The van der Waals surface area contributed by atoms with Crippen molar-refractivity contribution in [3.05, 3.63) is 64.2 Å². The molecular weight excluding hydrogens is 364 g/mol. The maximum atomic E-state index is 12.1. The number of para-hydroxylation sites is 2. The third-order valence-corrected chi connectivity index (χ3v) is 3.27. The van der Waals surface area contributed by atoms with Gasteiger partial charge in [-0.2, -0.15) is 13.9 Å². The molecule has 1 amide bonds. The van der Waals surface area contributed by atoms with Crippen molar-refractivity contribution >= 4 is 17.3 Å². The molecule has 0 atom stereocenters. The van der Waals surface area contributed by atoms with E-state index in [4.69, 9.17) is 4.74 Å². The van der Waals surface area contributed by atoms with Gasteiger partial charge in [0.1, 0.15) is 5.75 Å². The van der Waals surface area contributed by atoms with Gasteiger partial charge in [-0.1, -0.05) is 12.1 Å². The lowest BCUT2D eigenvalue weighted by molar-refractivity contribution is -0.385. The van der Waals surface area contributed by atoms with Gasteiger partial charge in [-0.15, -0.1) is 0 Å². The van der Waals surface area contributed by atoms with Crippen LogP contribution in [0.15, 0.2) is 53.6 Å². The lowest BCUT2D eigenvalue weighted by Gasteiger charge is -2.07. The largest absolute Gasteiger partial charge is 0.477 e. The van der Waals surface area contributed by atoms with Crippen LogP contribution in [0, 0.1) is 10.1 Å². The highest BCUT2D eigenvalue weighted by atomic mass is 19.3. The number of benzene rings is 2. The van der Waals surface area contributed by atoms with Gasteiger partial charge in [-0.05, 0) is 42.8 Å². The summed E-state index contributed by atoms with van der Waals surface area (Å²) in [5.74, 6) is -0.651. The van der Waals surface area contributed by atoms with Crippen molar-refractivity contribution in [1.82, 2.24) is 5.43 Å². The first-order valence-electron chi connectivity index (χ1n) is 7.61. The van der Waals surface area contributed by atoms with E-state index in [9.17, 15) is 23.7 Å². The molecule has 0 bridgehead atoms. The number of carbonyl (C=O) groups is 1. The van der Waals surface area contributed by atoms with Gasteiger partial charge >= 0.3 is 12.3 Å². The van der Waals surface area contributed by atoms with Crippen LogP contribution >= 0.6 is 0 Å². The number of carbonyl (C=O) groups excluding carboxylic acids is 1. The maximum absolute atomic E-state index is 12.1. The number of amides is 1. The summed E-state index contributed by atoms with van der Waals surface area (Å²) >= 11 is 0. The zero-order valence-corrected chi connectivity index (χ0v) is 14.1. The first-order valence-corrected chi connectivity index (χ1v) is 7.61. The molecule has 0 aliphatic carbocycles. The van der Waals surface area contributed by atoms with Crippen molar-refractivity contribution in [3.63, 3.8) is 0 Å². The van der Waals surface area contributed by atoms with Crippen LogP contribution in [0.5, 0.6) is 11.5 Å². The van der Waals surface area contributed by atoms with Crippen LogP contribution in [0.1, 0.15) is 12.5 Å². The molecular formula is C17H15F2N3O5. The number of nitrogens with zero attached hydrogens (tertiary/aromatic N) is 2. The number of hydrogen-bond acceptors (Lipinski definition) is 6. The Morgan fingerprint density at radius 2 is 1.89 bits per heavy atom. The Balaban J connectivity index is 1.91. The summed E-state index contributed by atoms with van der Waals surface area (Å²) in [6, 6.07) is 11.4. The molecule has 0 spiro atoms. The highest BCUT2D eigenvalue weighted by Crippen LogP contribution is 2.25. The molecule has 8 nitrogen and oxygen atoms in total. The number of hydrogen-bond donors (Lipinski definition) is 1. The molecule has 0 unspecified atom stereocenters. The highest BCUT2D eigenvalue weighted by molar-refractivity contribution is 5.99. The Kier molecular flexibility index (Phi) is 6.75. The van der Waals surface area contributed by atoms with Crippen LogP contribution in [-0.4, -0.2) is 29.8 Å². The van der Waals surface area contributed by atoms with Crippen molar-refractivity contribution in [2.45, 2.75) is 13.5 Å². The number of alkyl halides is 2. The third kappa shape index (κ3) is 6.03. The van der Waals surface area contributed by atoms with Crippen molar-refractivity contribution in [2.24, 2.45) is 5.10 Å². The molecule has 2 aromatic carbocycles. The number of nitro groups is 1. The second-order valence-electron chi connectivity index (χ2n) is 5.15. The zero-order chi connectivity index (χ0) is 19.8. The minimum absolute atomic E-state index is 0.00319. The SMILES string of the molecule is C/C(=N/NC(=O)COc1ccccc1[N+](=O)[O-])c1ccc(OC(F)F)cc1. The van der Waals surface area contributed by atoms with E-state index < -0.39 is 24.0 Å². The van der Waals surface area contributed by atoms with Gasteiger partial charge in [0.2, 0.25) is 0 Å². The van der Waals surface area contributed by atoms with E-state index in [1.54, 1.807) is 13.0 Å². The molecule has 2 aromatic rings. The van der Waals surface area contributed by atoms with E-state index in [0.717, 1.165) is 0 Å². The summed E-state index contributed by atoms with van der Waals surface area (Å²) in [4.78, 5) is 22.1. The van der Waals surface area contributed by atoms with Crippen LogP contribution < -0.4 is 14.9 Å². The lowest BCUT2D eigenvalue weighted by Crippen LogP contribution is -2.25. The fourth-order valence-corrected chi connectivity index (χ4v) is 1.99. The van der Waals surface area contributed by atoms with Crippen molar-refractivity contribution in [3.8, 4) is 11.5 Å². The van der Waals surface area contributed by atoms with Gasteiger partial charge in [0, 0.05) is 6.07 Å². The predicted molar refractivity (Wildman–Crippen MR) is 92.0 cm³/mol. The van der Waals surface area contributed by atoms with Gasteiger partial charge < -0.3 is 9.47 Å². The van der Waals surface area contributed by atoms with Crippen molar-refractivity contribution in [1.29, 1.82) is 0 Å². The van der Waals surface area contributed by atoms with Gasteiger partial charge in [0.15, 0.2) is 12.4 Å². The molecule has 0 saturated carbocycles. The second kappa shape index (κ2) is 9.22. The molecule has 2 rings (SSSR count). The fraction of sp³-hybridized carbons (Fsp3) is 0.176. The second-order valence-corrected chi connectivity index (χ2v) is 5.15. The number of rotatable bonds is 8. The van der Waals surface area contributed by atoms with E-state index in [0.29, 0.717) is 11.3 Å². The number of nitro benzene ring substituents is 1. The molecule has 27 heavy (non-hydrogen) atoms. The molecule has 0 heterocycles. The molecule has 0 aliphatic heterocycles. The molecule has 0 saturated heterocycles. The summed E-state index contributed by atoms with van der Waals surface area (Å²) in [5, 5.41) is 14.7. The first kappa shape index (κ1) is 19.8. The van der Waals surface area contributed by atoms with Crippen molar-refractivity contribution < 1.29 is 28.0 Å². The van der Waals surface area contributed by atoms with Gasteiger partial charge in [0.25, 0.3) is 5.91 Å². The third-order valence-electron chi connectivity index (χ3n) is 3.27. The lowest BCUT2D eigenvalue weighted by atomic mass is 10.1. The number of hydrazone groups is 1. The molecule has 10 heteroatoms. The van der Waals surface area contributed by atoms with Crippen LogP contribution in [-0.2, 0) is 4.79 Å². The molecule has 0 radical (unpaired) electrons. The van der Waals surface area contributed by atoms with E-state index in [-0.39, 0.29) is 17.2 Å². The summed E-state index contributed by atoms with van der Waals surface area (Å²) in [5.41, 5.74) is 2.99. The van der Waals surface area contributed by atoms with E-state index in [1.165, 1.54) is 42.5 Å². The molecule has 142 valence electrons. The summed E-state index contributed by atoms with van der Waals surface area (Å²) in [7, 11) is 0. The molecule has 1 N–H and O–H groups in total. The smallest absolute Gasteiger partial charge is 0.387 e. The molecule has 0 aliphatic rings. The van der Waals surface area contributed by atoms with Crippen molar-refractivity contribution in [2.75, 3.05) is 6.61 Å². The predicted octanol–water partition coefficient (Wildman–Crippen LogP) is 3.12. The maximum Gasteiger partial charge on any atom is 0.387 e. The quantitative estimate of drug-likeness (QED) is 0.431. The Hall–Kier alpha value is -3.56. The standard InChI is InChI=1S/C17H15F2N3O5/c1-11(12-6-8-13(9-7-12)27-17(18)19)20-21-16(23)10-26-15-5-3-2-4-14(15)22(24)25/h2-9,17H,10H2,1H3,(H,21,23)/b20-11-. The topological polar surface area (TPSA) is 103 Å². The minimum Gasteiger partial charge on any atom is -0.477 e. The number of nitrogens with one attached hydrogen (secondary N) is 1. The Morgan fingerprint density at radius 1 is 1.22 bits per heavy atom. The number of halogens is 2. The molecule has 0 aromatic heterocycles. The Bertz CT molecular complexity index is 841. The van der Waals surface area contributed by atoms with Crippen LogP contribution in [0.4, 0.5) is 14.5 Å². The summed E-state index contributed by atoms with van der Waals surface area (Å²) < 4.78 is 33.6.